The molecule has 0 amide bonds. The molecule has 38 heavy (non-hydrogen) atoms. The second-order valence-electron chi connectivity index (χ2n) is 8.57. The molecule has 1 aliphatic rings. The molecule has 5 atom stereocenters. The van der Waals surface area contributed by atoms with Gasteiger partial charge in [-0.15, -0.1) is 0 Å². The van der Waals surface area contributed by atoms with Crippen molar-refractivity contribution < 1.29 is 47.6 Å². The summed E-state index contributed by atoms with van der Waals surface area (Å²) in [6.45, 7) is 4.55. The van der Waals surface area contributed by atoms with Gasteiger partial charge < -0.3 is 28.4 Å². The summed E-state index contributed by atoms with van der Waals surface area (Å²) in [6.07, 6.45) is -5.77. The molecule has 0 saturated carbocycles. The molecule has 0 aliphatic carbocycles. The summed E-state index contributed by atoms with van der Waals surface area (Å²) in [4.78, 5) is 47.6. The van der Waals surface area contributed by atoms with Crippen LogP contribution in [0.25, 0.3) is 0 Å². The fraction of sp³-hybridized carbons (Fsp3) is 0.407. The summed E-state index contributed by atoms with van der Waals surface area (Å²) >= 11 is 6.42. The van der Waals surface area contributed by atoms with Crippen LogP contribution in [0.5, 0.6) is 5.75 Å². The van der Waals surface area contributed by atoms with Gasteiger partial charge in [0.2, 0.25) is 0 Å². The zero-order valence-electron chi connectivity index (χ0n) is 21.4. The molecule has 0 bridgehead atoms. The molecule has 204 valence electrons. The second kappa shape index (κ2) is 13.3. The number of esters is 4. The molecule has 1 heterocycles. The van der Waals surface area contributed by atoms with Gasteiger partial charge in [-0.3, -0.25) is 19.2 Å². The number of hydrogen-bond donors (Lipinski definition) is 0. The minimum atomic E-state index is -1.26. The summed E-state index contributed by atoms with van der Waals surface area (Å²) in [5, 5.41) is 0.426. The van der Waals surface area contributed by atoms with E-state index in [1.54, 1.807) is 30.3 Å². The van der Waals surface area contributed by atoms with Gasteiger partial charge in [-0.2, -0.15) is 0 Å². The van der Waals surface area contributed by atoms with Crippen molar-refractivity contribution in [2.24, 2.45) is 0 Å². The molecule has 10 nitrogen and oxygen atoms in total. The molecule has 0 N–H and O–H groups in total. The lowest BCUT2D eigenvalue weighted by Gasteiger charge is -2.44. The predicted octanol–water partition coefficient (Wildman–Crippen LogP) is 3.72. The van der Waals surface area contributed by atoms with Crippen LogP contribution < -0.4 is 4.74 Å². The molecule has 1 aliphatic heterocycles. The first-order chi connectivity index (χ1) is 18.0. The fourth-order valence-electron chi connectivity index (χ4n) is 4.06. The Kier molecular flexibility index (Phi) is 10.1. The van der Waals surface area contributed by atoms with Gasteiger partial charge >= 0.3 is 23.9 Å². The molecule has 0 spiro atoms. The van der Waals surface area contributed by atoms with Gasteiger partial charge in [0.25, 0.3) is 0 Å². The zero-order chi connectivity index (χ0) is 27.8. The molecule has 1 saturated heterocycles. The monoisotopic (exact) mass is 548 g/mol. The van der Waals surface area contributed by atoms with E-state index in [1.165, 1.54) is 27.7 Å². The Morgan fingerprint density at radius 2 is 1.39 bits per heavy atom. The maximum absolute atomic E-state index is 12.1. The number of rotatable bonds is 9. The fourth-order valence-corrected chi connectivity index (χ4v) is 4.23. The zero-order valence-corrected chi connectivity index (χ0v) is 22.1. The van der Waals surface area contributed by atoms with Crippen LogP contribution in [0.1, 0.15) is 44.9 Å². The third-order valence-electron chi connectivity index (χ3n) is 5.53. The Balaban J connectivity index is 2.01. The number of hydrogen-bond acceptors (Lipinski definition) is 10. The first kappa shape index (κ1) is 28.9. The summed E-state index contributed by atoms with van der Waals surface area (Å²) in [6, 6.07) is 14.2. The van der Waals surface area contributed by atoms with Gasteiger partial charge in [-0.25, -0.2) is 0 Å². The highest BCUT2D eigenvalue weighted by Crippen LogP contribution is 2.38. The quantitative estimate of drug-likeness (QED) is 0.338. The average molecular weight is 549 g/mol. The topological polar surface area (TPSA) is 124 Å². The molecule has 2 aromatic rings. The third kappa shape index (κ3) is 7.93. The van der Waals surface area contributed by atoms with Gasteiger partial charge in [-0.05, 0) is 29.8 Å². The van der Waals surface area contributed by atoms with Crippen molar-refractivity contribution in [1.29, 1.82) is 0 Å². The molecule has 3 rings (SSSR count). The predicted molar refractivity (Wildman–Crippen MR) is 133 cm³/mol. The molecule has 1 fully saturated rings. The lowest BCUT2D eigenvalue weighted by molar-refractivity contribution is -0.254. The highest BCUT2D eigenvalue weighted by molar-refractivity contribution is 6.31. The van der Waals surface area contributed by atoms with E-state index in [9.17, 15) is 19.2 Å². The molecule has 2 aromatic carbocycles. The van der Waals surface area contributed by atoms with Gasteiger partial charge in [0.05, 0.1) is 0 Å². The number of halogens is 1. The average Bonchev–Trinajstić information content (AvgIpc) is 2.84. The summed E-state index contributed by atoms with van der Waals surface area (Å²) in [5.41, 5.74) is 1.12. The van der Waals surface area contributed by atoms with Gasteiger partial charge in [0.15, 0.2) is 18.3 Å². The van der Waals surface area contributed by atoms with E-state index in [0.717, 1.165) is 0 Å². The largest absolute Gasteiger partial charge is 0.489 e. The van der Waals surface area contributed by atoms with Crippen molar-refractivity contribution in [3.63, 3.8) is 0 Å². The Bertz CT molecular complexity index is 1150. The van der Waals surface area contributed by atoms with Crippen LogP contribution in [0.15, 0.2) is 48.5 Å². The van der Waals surface area contributed by atoms with E-state index in [0.29, 0.717) is 21.9 Å². The van der Waals surface area contributed by atoms with Crippen molar-refractivity contribution in [2.75, 3.05) is 6.61 Å². The van der Waals surface area contributed by atoms with Crippen LogP contribution in [-0.4, -0.2) is 54.9 Å². The van der Waals surface area contributed by atoms with Crippen molar-refractivity contribution in [1.82, 2.24) is 0 Å². The maximum Gasteiger partial charge on any atom is 0.303 e. The van der Waals surface area contributed by atoms with Crippen LogP contribution >= 0.6 is 11.6 Å². The molecule has 0 radical (unpaired) electrons. The molecule has 11 heteroatoms. The summed E-state index contributed by atoms with van der Waals surface area (Å²) < 4.78 is 33.6. The van der Waals surface area contributed by atoms with E-state index >= 15 is 0 Å². The number of ether oxygens (including phenoxy) is 6. The van der Waals surface area contributed by atoms with Crippen LogP contribution in [0.2, 0.25) is 5.02 Å². The van der Waals surface area contributed by atoms with Crippen LogP contribution in [0.3, 0.4) is 0 Å². The van der Waals surface area contributed by atoms with Crippen molar-refractivity contribution in [3.05, 3.63) is 64.7 Å². The third-order valence-corrected chi connectivity index (χ3v) is 5.90. The van der Waals surface area contributed by atoms with Crippen molar-refractivity contribution >= 4 is 35.5 Å². The van der Waals surface area contributed by atoms with E-state index in [-0.39, 0.29) is 13.2 Å². The first-order valence-corrected chi connectivity index (χ1v) is 12.2. The SMILES string of the molecule is CC(=O)OCC1O[C@@H](c2ccc(Cl)c(COc3ccccc3)c2)[C@H](OC(C)=O)[C@@H](OC(C)=O)C1OC(C)=O. The van der Waals surface area contributed by atoms with Crippen LogP contribution in [0.4, 0.5) is 0 Å². The van der Waals surface area contributed by atoms with Crippen molar-refractivity contribution in [3.8, 4) is 5.75 Å². The minimum absolute atomic E-state index is 0.127. The first-order valence-electron chi connectivity index (χ1n) is 11.8. The van der Waals surface area contributed by atoms with Crippen molar-refractivity contribution in [2.45, 2.75) is 64.8 Å². The summed E-state index contributed by atoms with van der Waals surface area (Å²) in [7, 11) is 0. The highest BCUT2D eigenvalue weighted by Gasteiger charge is 2.52. The number of benzene rings is 2. The number of carbonyl (C=O) groups excluding carboxylic acids is 4. The molecule has 2 unspecified atom stereocenters. The highest BCUT2D eigenvalue weighted by atomic mass is 35.5. The standard InChI is InChI=1S/C27H29ClO10/c1-15(29)33-14-23-25(35-16(2)30)27(37-18(4)32)26(36-17(3)31)24(38-23)19-10-11-22(28)20(12-19)13-34-21-8-6-5-7-9-21/h5-12,23-27H,13-14H2,1-4H3/t23?,24-,25?,26-,27-/m0/s1. The summed E-state index contributed by atoms with van der Waals surface area (Å²) in [5.74, 6) is -2.03. The Labute approximate surface area is 225 Å². The van der Waals surface area contributed by atoms with E-state index in [4.69, 9.17) is 40.0 Å². The Morgan fingerprint density at radius 3 is 2.00 bits per heavy atom. The Hall–Kier alpha value is -3.63. The lowest BCUT2D eigenvalue weighted by Crippen LogP contribution is -2.59. The smallest absolute Gasteiger partial charge is 0.303 e. The lowest BCUT2D eigenvalue weighted by atomic mass is 9.90. The molecular formula is C27H29ClO10. The van der Waals surface area contributed by atoms with E-state index in [2.05, 4.69) is 0 Å². The normalized spacial score (nSPS) is 22.6. The van der Waals surface area contributed by atoms with E-state index in [1.807, 2.05) is 18.2 Å². The maximum atomic E-state index is 12.1. The van der Waals surface area contributed by atoms with Gasteiger partial charge in [0, 0.05) is 38.3 Å². The van der Waals surface area contributed by atoms with E-state index < -0.39 is 54.4 Å². The Morgan fingerprint density at radius 1 is 0.789 bits per heavy atom. The van der Waals surface area contributed by atoms with Crippen LogP contribution in [-0.2, 0) is 49.5 Å². The number of para-hydroxylation sites is 1. The van der Waals surface area contributed by atoms with Gasteiger partial charge in [-0.1, -0.05) is 35.9 Å². The van der Waals surface area contributed by atoms with Crippen LogP contribution in [0, 0.1) is 0 Å². The molecular weight excluding hydrogens is 520 g/mol. The van der Waals surface area contributed by atoms with Gasteiger partial charge in [0.1, 0.15) is 31.2 Å². The second-order valence-corrected chi connectivity index (χ2v) is 8.98. The number of carbonyl (C=O) groups is 4. The minimum Gasteiger partial charge on any atom is -0.489 e. The molecule has 0 aromatic heterocycles.